The molecule has 0 atom stereocenters. The lowest BCUT2D eigenvalue weighted by Crippen LogP contribution is -2.06. The molecule has 0 saturated heterocycles. The lowest BCUT2D eigenvalue weighted by atomic mass is 10.2. The molecule has 0 radical (unpaired) electrons. The highest BCUT2D eigenvalue weighted by Crippen LogP contribution is 2.36. The van der Waals surface area contributed by atoms with E-state index in [9.17, 15) is 10.1 Å². The van der Waals surface area contributed by atoms with Gasteiger partial charge in [-0.05, 0) is 24.3 Å². The Labute approximate surface area is 152 Å². The second-order valence-corrected chi connectivity index (χ2v) is 5.50. The summed E-state index contributed by atoms with van der Waals surface area (Å²) in [6, 6.07) is 12.5. The van der Waals surface area contributed by atoms with E-state index in [1.807, 2.05) is 12.1 Å². The minimum atomic E-state index is -0.585. The molecule has 0 aliphatic heterocycles. The number of nitrogens with one attached hydrogen (secondary N) is 1. The van der Waals surface area contributed by atoms with Gasteiger partial charge in [-0.15, -0.1) is 0 Å². The van der Waals surface area contributed by atoms with Crippen LogP contribution >= 0.6 is 0 Å². The third-order valence-corrected chi connectivity index (χ3v) is 3.78. The number of ether oxygens (including phenoxy) is 1. The molecule has 9 nitrogen and oxygen atoms in total. The third-order valence-electron chi connectivity index (χ3n) is 3.78. The number of nitrogens with zero attached hydrogens (tertiary/aromatic N) is 4. The predicted molar refractivity (Wildman–Crippen MR) is 96.5 cm³/mol. The molecule has 0 aliphatic carbocycles. The lowest BCUT2D eigenvalue weighted by molar-refractivity contribution is -0.385. The molecule has 4 aromatic rings. The van der Waals surface area contributed by atoms with Crippen LogP contribution in [0.3, 0.4) is 0 Å². The van der Waals surface area contributed by atoms with Crippen molar-refractivity contribution in [3.8, 4) is 11.6 Å². The molecule has 134 valence electrons. The Morgan fingerprint density at radius 1 is 1.11 bits per heavy atom. The van der Waals surface area contributed by atoms with Crippen molar-refractivity contribution in [2.24, 2.45) is 0 Å². The number of benzene rings is 1. The van der Waals surface area contributed by atoms with Gasteiger partial charge in [0.15, 0.2) is 5.75 Å². The summed E-state index contributed by atoms with van der Waals surface area (Å²) < 4.78 is 11.0. The van der Waals surface area contributed by atoms with Gasteiger partial charge in [0.1, 0.15) is 17.6 Å². The summed E-state index contributed by atoms with van der Waals surface area (Å²) in [4.78, 5) is 23.2. The highest BCUT2D eigenvalue weighted by molar-refractivity contribution is 5.84. The van der Waals surface area contributed by atoms with Gasteiger partial charge < -0.3 is 14.5 Å². The van der Waals surface area contributed by atoms with Gasteiger partial charge in [0, 0.05) is 11.6 Å². The molecule has 1 N–H and O–H groups in total. The van der Waals surface area contributed by atoms with Gasteiger partial charge in [-0.25, -0.2) is 4.98 Å². The first-order valence-corrected chi connectivity index (χ1v) is 7.99. The highest BCUT2D eigenvalue weighted by Gasteiger charge is 2.25. The number of nitro groups is 1. The Hall–Kier alpha value is -4.01. The number of fused-ring (bicyclic) bond motifs is 1. The summed E-state index contributed by atoms with van der Waals surface area (Å²) in [5.74, 6) is 0.847. The van der Waals surface area contributed by atoms with Crippen molar-refractivity contribution in [3.05, 3.63) is 77.1 Å². The summed E-state index contributed by atoms with van der Waals surface area (Å²) >= 11 is 0. The summed E-state index contributed by atoms with van der Waals surface area (Å²) in [6.45, 7) is 0.236. The molecule has 0 aliphatic rings. The Balaban J connectivity index is 1.69. The van der Waals surface area contributed by atoms with Gasteiger partial charge in [0.2, 0.25) is 5.82 Å². The van der Waals surface area contributed by atoms with E-state index >= 15 is 0 Å². The number of pyridine rings is 1. The Bertz CT molecular complexity index is 1090. The van der Waals surface area contributed by atoms with Gasteiger partial charge in [-0.3, -0.25) is 15.1 Å². The fourth-order valence-electron chi connectivity index (χ4n) is 2.58. The summed E-state index contributed by atoms with van der Waals surface area (Å²) in [5, 5.41) is 15.4. The van der Waals surface area contributed by atoms with Crippen molar-refractivity contribution in [1.82, 2.24) is 15.0 Å². The quantitative estimate of drug-likeness (QED) is 0.404. The minimum absolute atomic E-state index is 0.0367. The number of hydrogen-bond acceptors (Lipinski definition) is 8. The average Bonchev–Trinajstić information content (AvgIpc) is 3.20. The molecule has 0 saturated carbocycles. The molecule has 27 heavy (non-hydrogen) atoms. The largest absolute Gasteiger partial charge is 0.467 e. The number of furan rings is 1. The van der Waals surface area contributed by atoms with Crippen molar-refractivity contribution in [3.63, 3.8) is 0 Å². The predicted octanol–water partition coefficient (Wildman–Crippen LogP) is 3.93. The molecule has 1 aromatic carbocycles. The molecule has 0 amide bonds. The van der Waals surface area contributed by atoms with Crippen LogP contribution in [0.1, 0.15) is 5.76 Å². The van der Waals surface area contributed by atoms with Crippen LogP contribution in [0.15, 0.2) is 65.7 Å². The third kappa shape index (κ3) is 3.38. The monoisotopic (exact) mass is 363 g/mol. The number of aromatic nitrogens is 3. The lowest BCUT2D eigenvalue weighted by Gasteiger charge is -2.10. The summed E-state index contributed by atoms with van der Waals surface area (Å²) in [7, 11) is 0. The van der Waals surface area contributed by atoms with E-state index in [4.69, 9.17) is 9.15 Å². The Morgan fingerprint density at radius 2 is 2.00 bits per heavy atom. The SMILES string of the molecule is O=[N+]([O-])c1c(NCc2ccco2)ncnc1Oc1cccc2cccnc12. The van der Waals surface area contributed by atoms with Crippen LogP contribution in [0.5, 0.6) is 11.6 Å². The molecule has 0 unspecified atom stereocenters. The van der Waals surface area contributed by atoms with Crippen molar-refractivity contribution < 1.29 is 14.1 Å². The van der Waals surface area contributed by atoms with Crippen LogP contribution in [0, 0.1) is 10.1 Å². The van der Waals surface area contributed by atoms with Crippen LogP contribution < -0.4 is 10.1 Å². The summed E-state index contributed by atoms with van der Waals surface area (Å²) in [6.07, 6.45) is 4.35. The van der Waals surface area contributed by atoms with Crippen molar-refractivity contribution >= 4 is 22.4 Å². The summed E-state index contributed by atoms with van der Waals surface area (Å²) in [5.41, 5.74) is 0.218. The number of para-hydroxylation sites is 1. The maximum Gasteiger partial charge on any atom is 0.373 e. The Kier molecular flexibility index (Phi) is 4.32. The number of anilines is 1. The van der Waals surface area contributed by atoms with Gasteiger partial charge in [0.25, 0.3) is 0 Å². The maximum absolute atomic E-state index is 11.6. The molecule has 9 heteroatoms. The first-order chi connectivity index (χ1) is 13.2. The topological polar surface area (TPSA) is 116 Å². The first kappa shape index (κ1) is 16.5. The normalized spacial score (nSPS) is 10.7. The van der Waals surface area contributed by atoms with Crippen molar-refractivity contribution in [2.45, 2.75) is 6.54 Å². The second-order valence-electron chi connectivity index (χ2n) is 5.50. The smallest absolute Gasteiger partial charge is 0.373 e. The van der Waals surface area contributed by atoms with Crippen molar-refractivity contribution in [2.75, 3.05) is 5.32 Å². The van der Waals surface area contributed by atoms with Gasteiger partial charge in [-0.2, -0.15) is 4.98 Å². The van der Waals surface area contributed by atoms with Crippen LogP contribution in [-0.4, -0.2) is 19.9 Å². The van der Waals surface area contributed by atoms with E-state index in [0.29, 0.717) is 17.0 Å². The standard InChI is InChI=1S/C18H13N5O4/c24-23(25)16-17(20-10-13-6-3-9-26-13)21-11-22-18(16)27-14-7-1-4-12-5-2-8-19-15(12)14/h1-9,11H,10H2,(H,20,21,22). The molecule has 3 heterocycles. The van der Waals surface area contributed by atoms with E-state index in [2.05, 4.69) is 20.3 Å². The molecular formula is C18H13N5O4. The zero-order chi connectivity index (χ0) is 18.6. The molecule has 0 spiro atoms. The van der Waals surface area contributed by atoms with Crippen LogP contribution in [0.25, 0.3) is 10.9 Å². The van der Waals surface area contributed by atoms with Crippen LogP contribution in [0.4, 0.5) is 11.5 Å². The Morgan fingerprint density at radius 3 is 2.81 bits per heavy atom. The van der Waals surface area contributed by atoms with Gasteiger partial charge in [-0.1, -0.05) is 18.2 Å². The highest BCUT2D eigenvalue weighted by atomic mass is 16.6. The van der Waals surface area contributed by atoms with Gasteiger partial charge >= 0.3 is 11.6 Å². The van der Waals surface area contributed by atoms with Crippen LogP contribution in [-0.2, 0) is 6.54 Å². The number of rotatable bonds is 6. The van der Waals surface area contributed by atoms with Crippen LogP contribution in [0.2, 0.25) is 0 Å². The zero-order valence-electron chi connectivity index (χ0n) is 13.9. The zero-order valence-corrected chi connectivity index (χ0v) is 13.9. The second kappa shape index (κ2) is 7.08. The van der Waals surface area contributed by atoms with Gasteiger partial charge in [0.05, 0.1) is 17.7 Å². The van der Waals surface area contributed by atoms with E-state index in [1.165, 1.54) is 12.6 Å². The van der Waals surface area contributed by atoms with E-state index in [0.717, 1.165) is 5.39 Å². The molecular weight excluding hydrogens is 350 g/mol. The van der Waals surface area contributed by atoms with E-state index in [1.54, 1.807) is 36.5 Å². The van der Waals surface area contributed by atoms with E-state index in [-0.39, 0.29) is 23.9 Å². The molecule has 3 aromatic heterocycles. The fourth-order valence-corrected chi connectivity index (χ4v) is 2.58. The van der Waals surface area contributed by atoms with Crippen molar-refractivity contribution in [1.29, 1.82) is 0 Å². The average molecular weight is 363 g/mol. The number of hydrogen-bond donors (Lipinski definition) is 1. The first-order valence-electron chi connectivity index (χ1n) is 7.99. The maximum atomic E-state index is 11.6. The fraction of sp³-hybridized carbons (Fsp3) is 0.0556. The molecule has 4 rings (SSSR count). The minimum Gasteiger partial charge on any atom is -0.467 e. The molecule has 0 fully saturated rings. The molecule has 0 bridgehead atoms. The van der Waals surface area contributed by atoms with E-state index < -0.39 is 4.92 Å².